The molecule has 0 aliphatic carbocycles. The highest BCUT2D eigenvalue weighted by Gasteiger charge is 2.14. The quantitative estimate of drug-likeness (QED) is 0.291. The minimum atomic E-state index is -0.838. The molecule has 0 aliphatic heterocycles. The molecule has 2 rings (SSSR count). The Bertz CT molecular complexity index is 685. The largest absolute Gasteiger partial charge is 0.437 e. The SMILES string of the molecule is NC(=NOC(=O)Nc1ccccc1)c1ncc([N+](=O)[O-])s1. The third kappa shape index (κ3) is 3.98. The van der Waals surface area contributed by atoms with Crippen LogP contribution in [0, 0.1) is 10.1 Å². The van der Waals surface area contributed by atoms with Gasteiger partial charge in [-0.25, -0.2) is 9.78 Å². The fourth-order valence-corrected chi connectivity index (χ4v) is 1.89. The monoisotopic (exact) mass is 307 g/mol. The molecule has 0 spiro atoms. The second-order valence-corrected chi connectivity index (χ2v) is 4.62. The van der Waals surface area contributed by atoms with Gasteiger partial charge in [0.1, 0.15) is 6.20 Å². The Balaban J connectivity index is 1.96. The van der Waals surface area contributed by atoms with Crippen LogP contribution in [0.5, 0.6) is 0 Å². The van der Waals surface area contributed by atoms with Crippen molar-refractivity contribution in [3.63, 3.8) is 0 Å². The van der Waals surface area contributed by atoms with Crippen molar-refractivity contribution in [3.8, 4) is 0 Å². The molecule has 9 nitrogen and oxygen atoms in total. The average molecular weight is 307 g/mol. The van der Waals surface area contributed by atoms with Gasteiger partial charge in [-0.05, 0) is 23.5 Å². The molecule has 1 aromatic carbocycles. The molecule has 10 heteroatoms. The zero-order chi connectivity index (χ0) is 15.2. The van der Waals surface area contributed by atoms with E-state index in [4.69, 9.17) is 5.73 Å². The molecule has 0 radical (unpaired) electrons. The molecular formula is C11H9N5O4S. The second-order valence-electron chi connectivity index (χ2n) is 3.61. The van der Waals surface area contributed by atoms with Gasteiger partial charge in [0.05, 0.1) is 4.92 Å². The molecule has 1 amide bonds. The number of nitrogens with zero attached hydrogens (tertiary/aromatic N) is 3. The van der Waals surface area contributed by atoms with Gasteiger partial charge in [-0.2, -0.15) is 0 Å². The molecular weight excluding hydrogens is 298 g/mol. The highest BCUT2D eigenvalue weighted by molar-refractivity contribution is 7.16. The van der Waals surface area contributed by atoms with Gasteiger partial charge in [0.15, 0.2) is 10.8 Å². The summed E-state index contributed by atoms with van der Waals surface area (Å²) < 4.78 is 0. The summed E-state index contributed by atoms with van der Waals surface area (Å²) in [5.74, 6) is -0.226. The molecule has 0 bridgehead atoms. The maximum Gasteiger partial charge on any atom is 0.437 e. The lowest BCUT2D eigenvalue weighted by atomic mass is 10.3. The molecule has 21 heavy (non-hydrogen) atoms. The van der Waals surface area contributed by atoms with Crippen LogP contribution in [-0.4, -0.2) is 21.8 Å². The number of nitrogens with two attached hydrogens (primary N) is 1. The Morgan fingerprint density at radius 2 is 2.14 bits per heavy atom. The fourth-order valence-electron chi connectivity index (χ4n) is 1.26. The van der Waals surface area contributed by atoms with Crippen molar-refractivity contribution in [2.24, 2.45) is 10.9 Å². The van der Waals surface area contributed by atoms with E-state index < -0.39 is 11.0 Å². The fraction of sp³-hybridized carbons (Fsp3) is 0. The first-order chi connectivity index (χ1) is 10.1. The topological polar surface area (TPSA) is 133 Å². The molecule has 2 aromatic rings. The molecule has 1 heterocycles. The number of hydrogen-bond donors (Lipinski definition) is 2. The predicted octanol–water partition coefficient (Wildman–Crippen LogP) is 1.92. The first-order valence-corrected chi connectivity index (χ1v) is 6.35. The third-order valence-electron chi connectivity index (χ3n) is 2.14. The number of nitrogens with one attached hydrogen (secondary N) is 1. The van der Waals surface area contributed by atoms with E-state index in [9.17, 15) is 14.9 Å². The average Bonchev–Trinajstić information content (AvgIpc) is 2.96. The van der Waals surface area contributed by atoms with Crippen LogP contribution in [0.15, 0.2) is 41.7 Å². The number of hydrogen-bond acceptors (Lipinski definition) is 7. The van der Waals surface area contributed by atoms with Crippen LogP contribution in [0.4, 0.5) is 15.5 Å². The summed E-state index contributed by atoms with van der Waals surface area (Å²) in [6, 6.07) is 8.60. The van der Waals surface area contributed by atoms with Gasteiger partial charge in [0, 0.05) is 5.69 Å². The summed E-state index contributed by atoms with van der Waals surface area (Å²) in [6.45, 7) is 0. The summed E-state index contributed by atoms with van der Waals surface area (Å²) in [7, 11) is 0. The molecule has 0 fully saturated rings. The number of benzene rings is 1. The lowest BCUT2D eigenvalue weighted by Gasteiger charge is -2.01. The number of amidine groups is 1. The lowest BCUT2D eigenvalue weighted by Crippen LogP contribution is -2.17. The molecule has 0 saturated heterocycles. The van der Waals surface area contributed by atoms with E-state index in [-0.39, 0.29) is 15.8 Å². The number of thiazole rings is 1. The summed E-state index contributed by atoms with van der Waals surface area (Å²) in [6.07, 6.45) is 0.210. The molecule has 0 unspecified atom stereocenters. The van der Waals surface area contributed by atoms with Gasteiger partial charge in [-0.1, -0.05) is 23.4 Å². The van der Waals surface area contributed by atoms with Crippen molar-refractivity contribution >= 4 is 34.0 Å². The first-order valence-electron chi connectivity index (χ1n) is 5.53. The molecule has 0 saturated carbocycles. The molecule has 108 valence electrons. The van der Waals surface area contributed by atoms with Gasteiger partial charge in [0.25, 0.3) is 0 Å². The van der Waals surface area contributed by atoms with E-state index >= 15 is 0 Å². The standard InChI is InChI=1S/C11H9N5O4S/c12-9(10-13-6-8(21-10)16(18)19)15-20-11(17)14-7-4-2-1-3-5-7/h1-6H,(H2,12,15)(H,14,17). The third-order valence-corrected chi connectivity index (χ3v) is 3.11. The zero-order valence-corrected chi connectivity index (χ0v) is 11.2. The van der Waals surface area contributed by atoms with Gasteiger partial charge in [0.2, 0.25) is 0 Å². The predicted molar refractivity (Wildman–Crippen MR) is 76.0 cm³/mol. The number of oxime groups is 1. The minimum absolute atomic E-state index is 0.0919. The highest BCUT2D eigenvalue weighted by Crippen LogP contribution is 2.20. The van der Waals surface area contributed by atoms with E-state index in [1.54, 1.807) is 30.3 Å². The van der Waals surface area contributed by atoms with E-state index in [0.717, 1.165) is 17.5 Å². The van der Waals surface area contributed by atoms with E-state index in [1.807, 2.05) is 0 Å². The van der Waals surface area contributed by atoms with E-state index in [0.29, 0.717) is 5.69 Å². The Labute approximate surface area is 122 Å². The van der Waals surface area contributed by atoms with Crippen molar-refractivity contribution in [1.29, 1.82) is 0 Å². The number of carbonyl (C=O) groups is 1. The minimum Gasteiger partial charge on any atom is -0.378 e. The Hall–Kier alpha value is -3.01. The van der Waals surface area contributed by atoms with Crippen molar-refractivity contribution in [2.75, 3.05) is 5.32 Å². The highest BCUT2D eigenvalue weighted by atomic mass is 32.1. The number of rotatable bonds is 4. The number of para-hydroxylation sites is 1. The van der Waals surface area contributed by atoms with E-state index in [2.05, 4.69) is 20.3 Å². The molecule has 0 atom stereocenters. The van der Waals surface area contributed by atoms with Crippen LogP contribution in [0.1, 0.15) is 5.01 Å². The van der Waals surface area contributed by atoms with Crippen molar-refractivity contribution < 1.29 is 14.6 Å². The molecule has 1 aromatic heterocycles. The summed E-state index contributed by atoms with van der Waals surface area (Å²) in [4.78, 5) is 29.6. The molecule has 0 aliphatic rings. The number of aromatic nitrogens is 1. The lowest BCUT2D eigenvalue weighted by molar-refractivity contribution is -0.380. The Kier molecular flexibility index (Phi) is 4.41. The summed E-state index contributed by atoms with van der Waals surface area (Å²) >= 11 is 0.727. The maximum absolute atomic E-state index is 11.4. The van der Waals surface area contributed by atoms with Gasteiger partial charge >= 0.3 is 11.1 Å². The van der Waals surface area contributed by atoms with Crippen LogP contribution >= 0.6 is 11.3 Å². The first kappa shape index (κ1) is 14.4. The van der Waals surface area contributed by atoms with Crippen LogP contribution in [0.2, 0.25) is 0 Å². The zero-order valence-electron chi connectivity index (χ0n) is 10.4. The van der Waals surface area contributed by atoms with Gasteiger partial charge in [-0.3, -0.25) is 20.3 Å². The van der Waals surface area contributed by atoms with Gasteiger partial charge in [-0.15, -0.1) is 0 Å². The number of nitro groups is 1. The smallest absolute Gasteiger partial charge is 0.378 e. The van der Waals surface area contributed by atoms with Crippen molar-refractivity contribution in [2.45, 2.75) is 0 Å². The Morgan fingerprint density at radius 3 is 2.76 bits per heavy atom. The van der Waals surface area contributed by atoms with Crippen LogP contribution in [-0.2, 0) is 4.84 Å². The number of anilines is 1. The van der Waals surface area contributed by atoms with Crippen LogP contribution in [0.3, 0.4) is 0 Å². The summed E-state index contributed by atoms with van der Waals surface area (Å²) in [5, 5.41) is 16.2. The number of amides is 1. The Morgan fingerprint density at radius 1 is 1.43 bits per heavy atom. The van der Waals surface area contributed by atoms with E-state index in [1.165, 1.54) is 0 Å². The maximum atomic E-state index is 11.4. The van der Waals surface area contributed by atoms with Gasteiger partial charge < -0.3 is 5.73 Å². The van der Waals surface area contributed by atoms with Crippen molar-refractivity contribution in [1.82, 2.24) is 4.98 Å². The normalized spacial score (nSPS) is 11.0. The van der Waals surface area contributed by atoms with Crippen molar-refractivity contribution in [3.05, 3.63) is 51.7 Å². The van der Waals surface area contributed by atoms with Crippen LogP contribution in [0.25, 0.3) is 0 Å². The summed E-state index contributed by atoms with van der Waals surface area (Å²) in [5.41, 5.74) is 6.05. The molecule has 3 N–H and O–H groups in total. The second kappa shape index (κ2) is 6.43. The number of carbonyl (C=O) groups excluding carboxylic acids is 1. The van der Waals surface area contributed by atoms with Crippen LogP contribution < -0.4 is 11.1 Å².